The fourth-order valence-corrected chi connectivity index (χ4v) is 2.75. The van der Waals surface area contributed by atoms with E-state index in [2.05, 4.69) is 48.6 Å². The fraction of sp³-hybridized carbons (Fsp3) is 0.182. The van der Waals surface area contributed by atoms with Gasteiger partial charge in [-0.25, -0.2) is 0 Å². The number of rotatable bonds is 7. The molecule has 0 amide bonds. The summed E-state index contributed by atoms with van der Waals surface area (Å²) >= 11 is 5.91. The van der Waals surface area contributed by atoms with Crippen molar-refractivity contribution in [2.45, 2.75) is 26.1 Å². The lowest BCUT2D eigenvalue weighted by atomic mass is 10.1. The van der Waals surface area contributed by atoms with Crippen molar-refractivity contribution in [2.75, 3.05) is 0 Å². The van der Waals surface area contributed by atoms with Crippen molar-refractivity contribution in [3.05, 3.63) is 101 Å². The minimum atomic E-state index is 0. The third kappa shape index (κ3) is 6.06. The summed E-state index contributed by atoms with van der Waals surface area (Å²) in [6.45, 7) is 3.51. The molecular weight excluding hydrogens is 365 g/mol. The van der Waals surface area contributed by atoms with Crippen LogP contribution in [0.25, 0.3) is 0 Å². The van der Waals surface area contributed by atoms with Gasteiger partial charge >= 0.3 is 0 Å². The van der Waals surface area contributed by atoms with Crippen molar-refractivity contribution in [1.82, 2.24) is 5.32 Å². The van der Waals surface area contributed by atoms with E-state index in [1.165, 1.54) is 11.1 Å². The molecule has 0 bridgehead atoms. The molecule has 0 aromatic heterocycles. The molecule has 0 aliphatic carbocycles. The van der Waals surface area contributed by atoms with Crippen LogP contribution in [0.3, 0.4) is 0 Å². The first-order valence-electron chi connectivity index (χ1n) is 8.45. The highest BCUT2D eigenvalue weighted by molar-refractivity contribution is 6.30. The number of ether oxygens (including phenoxy) is 1. The molecule has 0 aliphatic heterocycles. The maximum Gasteiger partial charge on any atom is 0.120 e. The van der Waals surface area contributed by atoms with Gasteiger partial charge in [0, 0.05) is 17.6 Å². The molecule has 3 aromatic rings. The molecule has 0 spiro atoms. The zero-order valence-electron chi connectivity index (χ0n) is 14.7. The van der Waals surface area contributed by atoms with E-state index in [-0.39, 0.29) is 12.4 Å². The minimum absolute atomic E-state index is 0. The molecule has 3 aromatic carbocycles. The van der Waals surface area contributed by atoms with E-state index in [4.69, 9.17) is 16.3 Å². The summed E-state index contributed by atoms with van der Waals surface area (Å²) in [4.78, 5) is 0. The van der Waals surface area contributed by atoms with Crippen molar-refractivity contribution >= 4 is 24.0 Å². The summed E-state index contributed by atoms with van der Waals surface area (Å²) in [7, 11) is 0. The van der Waals surface area contributed by atoms with E-state index >= 15 is 0 Å². The van der Waals surface area contributed by atoms with E-state index in [1.54, 1.807) is 0 Å². The Bertz CT molecular complexity index is 791. The average molecular weight is 388 g/mol. The lowest BCUT2D eigenvalue weighted by Crippen LogP contribution is -2.17. The first-order chi connectivity index (χ1) is 12.2. The van der Waals surface area contributed by atoms with Crippen LogP contribution in [0.4, 0.5) is 0 Å². The fourth-order valence-electron chi connectivity index (χ4n) is 2.62. The second-order valence-electron chi connectivity index (χ2n) is 6.08. The predicted octanol–water partition coefficient (Wildman–Crippen LogP) is 6.19. The van der Waals surface area contributed by atoms with Crippen LogP contribution in [-0.4, -0.2) is 0 Å². The molecule has 0 saturated carbocycles. The number of hydrogen-bond donors (Lipinski definition) is 1. The summed E-state index contributed by atoms with van der Waals surface area (Å²) in [5, 5.41) is 4.29. The Morgan fingerprint density at radius 3 is 2.35 bits per heavy atom. The molecular formula is C22H23Cl2NO. The zero-order valence-corrected chi connectivity index (χ0v) is 16.3. The Hall–Kier alpha value is -2.00. The summed E-state index contributed by atoms with van der Waals surface area (Å²) in [6.07, 6.45) is 0. The first-order valence-corrected chi connectivity index (χ1v) is 8.83. The summed E-state index contributed by atoms with van der Waals surface area (Å²) in [5.41, 5.74) is 3.60. The lowest BCUT2D eigenvalue weighted by molar-refractivity contribution is 0.306. The Kier molecular flexibility index (Phi) is 7.99. The largest absolute Gasteiger partial charge is 0.489 e. The Labute approximate surface area is 166 Å². The second-order valence-corrected chi connectivity index (χ2v) is 6.51. The average Bonchev–Trinajstić information content (AvgIpc) is 2.67. The van der Waals surface area contributed by atoms with Crippen LogP contribution in [0.2, 0.25) is 5.02 Å². The Balaban J connectivity index is 0.00000243. The summed E-state index contributed by atoms with van der Waals surface area (Å²) in [6, 6.07) is 26.7. The van der Waals surface area contributed by atoms with Gasteiger partial charge in [-0.2, -0.15) is 0 Å². The van der Waals surface area contributed by atoms with Crippen molar-refractivity contribution < 1.29 is 4.74 Å². The van der Waals surface area contributed by atoms with Crippen LogP contribution < -0.4 is 10.1 Å². The van der Waals surface area contributed by atoms with Crippen molar-refractivity contribution in [1.29, 1.82) is 0 Å². The SMILES string of the molecule is CC(NCc1cccc(OCc2ccc(Cl)cc2)c1)c1ccccc1.Cl. The van der Waals surface area contributed by atoms with Crippen molar-refractivity contribution in [3.8, 4) is 5.75 Å². The highest BCUT2D eigenvalue weighted by Crippen LogP contribution is 2.18. The van der Waals surface area contributed by atoms with Gasteiger partial charge in [0.15, 0.2) is 0 Å². The van der Waals surface area contributed by atoms with Gasteiger partial charge < -0.3 is 10.1 Å². The molecule has 3 rings (SSSR count). The van der Waals surface area contributed by atoms with Crippen LogP contribution in [0.5, 0.6) is 5.75 Å². The second kappa shape index (κ2) is 10.2. The van der Waals surface area contributed by atoms with E-state index < -0.39 is 0 Å². The van der Waals surface area contributed by atoms with E-state index in [9.17, 15) is 0 Å². The van der Waals surface area contributed by atoms with E-state index in [1.807, 2.05) is 42.5 Å². The number of halogens is 2. The smallest absolute Gasteiger partial charge is 0.120 e. The molecule has 0 heterocycles. The monoisotopic (exact) mass is 387 g/mol. The normalized spacial score (nSPS) is 11.5. The maximum atomic E-state index is 5.91. The van der Waals surface area contributed by atoms with Gasteiger partial charge in [0.2, 0.25) is 0 Å². The van der Waals surface area contributed by atoms with Gasteiger partial charge in [0.25, 0.3) is 0 Å². The maximum absolute atomic E-state index is 5.91. The van der Waals surface area contributed by atoms with E-state index in [0.717, 1.165) is 22.9 Å². The number of nitrogens with one attached hydrogen (secondary N) is 1. The summed E-state index contributed by atoms with van der Waals surface area (Å²) in [5.74, 6) is 0.876. The molecule has 0 aliphatic rings. The molecule has 2 nitrogen and oxygen atoms in total. The highest BCUT2D eigenvalue weighted by atomic mass is 35.5. The molecule has 136 valence electrons. The molecule has 26 heavy (non-hydrogen) atoms. The van der Waals surface area contributed by atoms with Gasteiger partial charge in [-0.05, 0) is 47.9 Å². The number of hydrogen-bond acceptors (Lipinski definition) is 2. The van der Waals surface area contributed by atoms with Crippen LogP contribution in [-0.2, 0) is 13.2 Å². The van der Waals surface area contributed by atoms with Crippen molar-refractivity contribution in [3.63, 3.8) is 0 Å². The Morgan fingerprint density at radius 2 is 1.62 bits per heavy atom. The Morgan fingerprint density at radius 1 is 0.885 bits per heavy atom. The van der Waals surface area contributed by atoms with Crippen LogP contribution in [0, 0.1) is 0 Å². The van der Waals surface area contributed by atoms with Gasteiger partial charge in [-0.15, -0.1) is 12.4 Å². The lowest BCUT2D eigenvalue weighted by Gasteiger charge is -2.15. The molecule has 0 saturated heterocycles. The third-order valence-corrected chi connectivity index (χ3v) is 4.38. The van der Waals surface area contributed by atoms with Crippen LogP contribution in [0.15, 0.2) is 78.9 Å². The molecule has 1 N–H and O–H groups in total. The van der Waals surface area contributed by atoms with Crippen LogP contribution >= 0.6 is 24.0 Å². The zero-order chi connectivity index (χ0) is 17.5. The van der Waals surface area contributed by atoms with Gasteiger partial charge in [-0.1, -0.05) is 66.2 Å². The van der Waals surface area contributed by atoms with E-state index in [0.29, 0.717) is 12.6 Å². The molecule has 1 atom stereocenters. The number of benzene rings is 3. The van der Waals surface area contributed by atoms with Crippen LogP contribution in [0.1, 0.15) is 29.7 Å². The summed E-state index contributed by atoms with van der Waals surface area (Å²) < 4.78 is 5.89. The molecule has 0 fully saturated rings. The standard InChI is InChI=1S/C22H22ClNO.ClH/c1-17(20-7-3-2-4-8-20)24-15-19-6-5-9-22(14-19)25-16-18-10-12-21(23)13-11-18;/h2-14,17,24H,15-16H2,1H3;1H. The molecule has 1 unspecified atom stereocenters. The van der Waals surface area contributed by atoms with Gasteiger partial charge in [-0.3, -0.25) is 0 Å². The van der Waals surface area contributed by atoms with Gasteiger partial charge in [0.05, 0.1) is 0 Å². The predicted molar refractivity (Wildman–Crippen MR) is 111 cm³/mol. The minimum Gasteiger partial charge on any atom is -0.489 e. The topological polar surface area (TPSA) is 21.3 Å². The van der Waals surface area contributed by atoms with Crippen molar-refractivity contribution in [2.24, 2.45) is 0 Å². The highest BCUT2D eigenvalue weighted by Gasteiger charge is 2.04. The first kappa shape index (κ1) is 20.3. The molecule has 4 heteroatoms. The molecule has 0 radical (unpaired) electrons. The quantitative estimate of drug-likeness (QED) is 0.521. The van der Waals surface area contributed by atoms with Gasteiger partial charge in [0.1, 0.15) is 12.4 Å². The third-order valence-electron chi connectivity index (χ3n) is 4.13.